The third kappa shape index (κ3) is 2.73. The van der Waals surface area contributed by atoms with E-state index in [1.807, 2.05) is 60.4 Å². The number of H-pyrrole nitrogens is 1. The molecule has 4 rings (SSSR count). The van der Waals surface area contributed by atoms with Gasteiger partial charge in [0.05, 0.1) is 11.6 Å². The molecule has 128 valence electrons. The number of anilines is 1. The van der Waals surface area contributed by atoms with Crippen molar-refractivity contribution in [2.75, 3.05) is 25.5 Å². The quantitative estimate of drug-likeness (QED) is 0.799. The van der Waals surface area contributed by atoms with Gasteiger partial charge in [-0.1, -0.05) is 18.2 Å². The first-order valence-electron chi connectivity index (χ1n) is 8.52. The van der Waals surface area contributed by atoms with Crippen molar-refractivity contribution in [1.29, 1.82) is 0 Å². The Kier molecular flexibility index (Phi) is 3.87. The van der Waals surface area contributed by atoms with Crippen LogP contribution in [0.25, 0.3) is 10.9 Å². The number of carbonyl (C=O) groups is 1. The molecule has 1 unspecified atom stereocenters. The molecule has 3 aromatic rings. The molecule has 2 aromatic heterocycles. The molecule has 6 nitrogen and oxygen atoms in total. The zero-order valence-corrected chi connectivity index (χ0v) is 14.4. The Labute approximate surface area is 146 Å². The van der Waals surface area contributed by atoms with Crippen LogP contribution in [0.1, 0.15) is 34.9 Å². The number of aromatic nitrogens is 3. The van der Waals surface area contributed by atoms with Gasteiger partial charge in [0.2, 0.25) is 0 Å². The minimum atomic E-state index is -0.0110. The predicted molar refractivity (Wildman–Crippen MR) is 97.7 cm³/mol. The zero-order chi connectivity index (χ0) is 17.4. The van der Waals surface area contributed by atoms with Crippen LogP contribution in [0, 0.1) is 0 Å². The van der Waals surface area contributed by atoms with E-state index in [1.165, 1.54) is 0 Å². The summed E-state index contributed by atoms with van der Waals surface area (Å²) >= 11 is 0. The van der Waals surface area contributed by atoms with Gasteiger partial charge in [0.25, 0.3) is 5.91 Å². The highest BCUT2D eigenvalue weighted by atomic mass is 16.2. The molecule has 0 spiro atoms. The summed E-state index contributed by atoms with van der Waals surface area (Å²) in [7, 11) is 3.94. The Morgan fingerprint density at radius 3 is 2.96 bits per heavy atom. The van der Waals surface area contributed by atoms with E-state index in [-0.39, 0.29) is 11.9 Å². The number of likely N-dealkylation sites (tertiary alicyclic amines) is 1. The van der Waals surface area contributed by atoms with Crippen molar-refractivity contribution in [3.05, 3.63) is 53.9 Å². The van der Waals surface area contributed by atoms with Gasteiger partial charge in [-0.25, -0.2) is 4.98 Å². The third-order valence-electron chi connectivity index (χ3n) is 4.80. The summed E-state index contributed by atoms with van der Waals surface area (Å²) in [6, 6.07) is 11.9. The molecule has 1 amide bonds. The van der Waals surface area contributed by atoms with Crippen LogP contribution in [0.4, 0.5) is 5.82 Å². The van der Waals surface area contributed by atoms with Gasteiger partial charge in [0, 0.05) is 32.2 Å². The molecule has 1 aliphatic rings. The minimum Gasteiger partial charge on any atom is -0.363 e. The summed E-state index contributed by atoms with van der Waals surface area (Å²) in [6.45, 7) is 0.754. The first-order valence-corrected chi connectivity index (χ1v) is 8.52. The SMILES string of the molecule is CN(C)c1cc(C2CCCN2C(=O)c2n[nH]c3ccccc23)ccn1. The normalized spacial score (nSPS) is 17.2. The van der Waals surface area contributed by atoms with Gasteiger partial charge in [-0.2, -0.15) is 5.10 Å². The van der Waals surface area contributed by atoms with Crippen molar-refractivity contribution >= 4 is 22.6 Å². The fourth-order valence-corrected chi connectivity index (χ4v) is 3.50. The molecule has 0 bridgehead atoms. The molecule has 1 fully saturated rings. The van der Waals surface area contributed by atoms with Gasteiger partial charge >= 0.3 is 0 Å². The monoisotopic (exact) mass is 335 g/mol. The lowest BCUT2D eigenvalue weighted by Gasteiger charge is -2.25. The predicted octanol–water partition coefficient (Wildman–Crippen LogP) is 3.00. The number of nitrogens with zero attached hydrogens (tertiary/aromatic N) is 4. The molecule has 3 heterocycles. The van der Waals surface area contributed by atoms with Crippen molar-refractivity contribution in [1.82, 2.24) is 20.1 Å². The summed E-state index contributed by atoms with van der Waals surface area (Å²) in [6.07, 6.45) is 3.78. The van der Waals surface area contributed by atoms with Gasteiger partial charge in [0.15, 0.2) is 5.69 Å². The van der Waals surface area contributed by atoms with Crippen LogP contribution in [0.2, 0.25) is 0 Å². The van der Waals surface area contributed by atoms with Crippen LogP contribution >= 0.6 is 0 Å². The fourth-order valence-electron chi connectivity index (χ4n) is 3.50. The van der Waals surface area contributed by atoms with E-state index in [9.17, 15) is 4.79 Å². The van der Waals surface area contributed by atoms with Crippen LogP contribution in [0.15, 0.2) is 42.6 Å². The van der Waals surface area contributed by atoms with E-state index in [1.54, 1.807) is 0 Å². The second-order valence-electron chi connectivity index (χ2n) is 6.62. The second-order valence-corrected chi connectivity index (χ2v) is 6.62. The van der Waals surface area contributed by atoms with Crippen molar-refractivity contribution < 1.29 is 4.79 Å². The average Bonchev–Trinajstić information content (AvgIpc) is 3.28. The van der Waals surface area contributed by atoms with Gasteiger partial charge < -0.3 is 9.80 Å². The summed E-state index contributed by atoms with van der Waals surface area (Å²) in [5.41, 5.74) is 2.52. The highest BCUT2D eigenvalue weighted by molar-refractivity contribution is 6.04. The van der Waals surface area contributed by atoms with Crippen LogP contribution in [-0.2, 0) is 0 Å². The standard InChI is InChI=1S/C19H21N5O/c1-23(2)17-12-13(9-10-20-17)16-8-5-11-24(16)19(25)18-14-6-3-4-7-15(14)21-22-18/h3-4,6-7,9-10,12,16H,5,8,11H2,1-2H3,(H,21,22). The smallest absolute Gasteiger partial charge is 0.275 e. The van der Waals surface area contributed by atoms with E-state index >= 15 is 0 Å². The maximum Gasteiger partial charge on any atom is 0.275 e. The number of rotatable bonds is 3. The molecular weight excluding hydrogens is 314 g/mol. The van der Waals surface area contributed by atoms with Crippen molar-refractivity contribution in [3.8, 4) is 0 Å². The lowest BCUT2D eigenvalue weighted by molar-refractivity contribution is 0.0731. The lowest BCUT2D eigenvalue weighted by Crippen LogP contribution is -2.31. The summed E-state index contributed by atoms with van der Waals surface area (Å²) in [4.78, 5) is 21.4. The van der Waals surface area contributed by atoms with E-state index in [0.717, 1.165) is 41.7 Å². The number of amides is 1. The van der Waals surface area contributed by atoms with E-state index in [0.29, 0.717) is 5.69 Å². The van der Waals surface area contributed by atoms with Crippen LogP contribution in [0.3, 0.4) is 0 Å². The largest absolute Gasteiger partial charge is 0.363 e. The minimum absolute atomic E-state index is 0.0110. The third-order valence-corrected chi connectivity index (χ3v) is 4.80. The maximum absolute atomic E-state index is 13.1. The Bertz CT molecular complexity index is 917. The first-order chi connectivity index (χ1) is 12.1. The molecule has 0 aliphatic carbocycles. The van der Waals surface area contributed by atoms with Crippen molar-refractivity contribution in [2.45, 2.75) is 18.9 Å². The highest BCUT2D eigenvalue weighted by Crippen LogP contribution is 2.34. The molecule has 1 saturated heterocycles. The highest BCUT2D eigenvalue weighted by Gasteiger charge is 2.32. The Balaban J connectivity index is 1.67. The van der Waals surface area contributed by atoms with E-state index in [4.69, 9.17) is 0 Å². The van der Waals surface area contributed by atoms with Gasteiger partial charge in [-0.05, 0) is 36.6 Å². The Hall–Kier alpha value is -2.89. The topological polar surface area (TPSA) is 65.1 Å². The number of fused-ring (bicyclic) bond motifs is 1. The molecule has 1 N–H and O–H groups in total. The van der Waals surface area contributed by atoms with Crippen LogP contribution in [-0.4, -0.2) is 46.6 Å². The van der Waals surface area contributed by atoms with Gasteiger partial charge in [-0.3, -0.25) is 9.89 Å². The number of hydrogen-bond donors (Lipinski definition) is 1. The molecule has 25 heavy (non-hydrogen) atoms. The number of benzene rings is 1. The number of aromatic amines is 1. The molecule has 1 aliphatic heterocycles. The zero-order valence-electron chi connectivity index (χ0n) is 14.4. The molecule has 0 saturated carbocycles. The second kappa shape index (κ2) is 6.20. The molecule has 1 aromatic carbocycles. The summed E-state index contributed by atoms with van der Waals surface area (Å²) in [5, 5.41) is 8.11. The Morgan fingerprint density at radius 2 is 2.12 bits per heavy atom. The molecule has 1 atom stereocenters. The average molecular weight is 335 g/mol. The summed E-state index contributed by atoms with van der Waals surface area (Å²) in [5.74, 6) is 0.894. The van der Waals surface area contributed by atoms with Crippen LogP contribution in [0.5, 0.6) is 0 Å². The number of para-hydroxylation sites is 1. The van der Waals surface area contributed by atoms with Crippen molar-refractivity contribution in [3.63, 3.8) is 0 Å². The van der Waals surface area contributed by atoms with E-state index < -0.39 is 0 Å². The maximum atomic E-state index is 13.1. The number of carbonyl (C=O) groups excluding carboxylic acids is 1. The summed E-state index contributed by atoms with van der Waals surface area (Å²) < 4.78 is 0. The number of pyridine rings is 1. The first kappa shape index (κ1) is 15.6. The van der Waals surface area contributed by atoms with E-state index in [2.05, 4.69) is 21.2 Å². The van der Waals surface area contributed by atoms with Crippen LogP contribution < -0.4 is 4.90 Å². The fraction of sp³-hybridized carbons (Fsp3) is 0.316. The lowest BCUT2D eigenvalue weighted by atomic mass is 10.1. The molecule has 0 radical (unpaired) electrons. The van der Waals surface area contributed by atoms with Gasteiger partial charge in [0.1, 0.15) is 5.82 Å². The van der Waals surface area contributed by atoms with Crippen molar-refractivity contribution in [2.24, 2.45) is 0 Å². The number of nitrogens with one attached hydrogen (secondary N) is 1. The molecular formula is C19H21N5O. The number of hydrogen-bond acceptors (Lipinski definition) is 4. The molecule has 6 heteroatoms. The Morgan fingerprint density at radius 1 is 1.28 bits per heavy atom. The van der Waals surface area contributed by atoms with Gasteiger partial charge in [-0.15, -0.1) is 0 Å².